The maximum atomic E-state index is 14.6. The first-order chi connectivity index (χ1) is 23.1. The number of carbonyl (C=O) groups is 1. The Hall–Kier alpha value is -4.77. The number of carbonyl (C=O) groups excluding carboxylic acids is 1. The van der Waals surface area contributed by atoms with Gasteiger partial charge in [0.15, 0.2) is 11.5 Å². The van der Waals surface area contributed by atoms with Gasteiger partial charge in [-0.25, -0.2) is 4.79 Å². The van der Waals surface area contributed by atoms with Crippen molar-refractivity contribution in [1.82, 2.24) is 4.90 Å². The first kappa shape index (κ1) is 37.1. The van der Waals surface area contributed by atoms with E-state index < -0.39 is 29.1 Å². The van der Waals surface area contributed by atoms with Crippen LogP contribution in [0.15, 0.2) is 63.8 Å². The van der Waals surface area contributed by atoms with Gasteiger partial charge in [-0.15, -0.1) is 0 Å². The highest BCUT2D eigenvalue weighted by atomic mass is 19.4. The van der Waals surface area contributed by atoms with Gasteiger partial charge >= 0.3 is 12.1 Å². The van der Waals surface area contributed by atoms with Crippen LogP contribution in [0.25, 0.3) is 17.0 Å². The molecule has 1 aromatic heterocycles. The standard InChI is InChI=1S/C38H42F3NO7/c1-22(2)19-42(20-23(3)4)21-29-30(48-33(43)16-11-26-10-14-31(45-7)32(18-26)46-8)15-13-28-34(44)36(37(38(39,40)41)49-35(28)29)47-27-12-9-24(5)25(6)17-27/h9-18,22-23H,19-21H2,1-8H3/b16-11+. The fourth-order valence-corrected chi connectivity index (χ4v) is 5.42. The van der Waals surface area contributed by atoms with Gasteiger partial charge in [0, 0.05) is 25.7 Å². The molecule has 0 unspecified atom stereocenters. The number of hydrogen-bond acceptors (Lipinski definition) is 8. The maximum absolute atomic E-state index is 14.6. The average molecular weight is 682 g/mol. The number of methoxy groups -OCH3 is 2. The Bertz CT molecular complexity index is 1880. The minimum absolute atomic E-state index is 0.0360. The molecule has 0 saturated heterocycles. The first-order valence-corrected chi connectivity index (χ1v) is 15.9. The van der Waals surface area contributed by atoms with Crippen molar-refractivity contribution < 1.29 is 41.3 Å². The van der Waals surface area contributed by atoms with Crippen molar-refractivity contribution in [3.8, 4) is 28.7 Å². The van der Waals surface area contributed by atoms with Gasteiger partial charge in [0.1, 0.15) is 17.1 Å². The Morgan fingerprint density at radius 1 is 0.878 bits per heavy atom. The number of aryl methyl sites for hydroxylation is 2. The van der Waals surface area contributed by atoms with E-state index in [-0.39, 0.29) is 46.4 Å². The average Bonchev–Trinajstić information content (AvgIpc) is 3.02. The molecule has 0 fully saturated rings. The smallest absolute Gasteiger partial charge is 0.453 e. The van der Waals surface area contributed by atoms with Crippen LogP contribution in [0.2, 0.25) is 0 Å². The summed E-state index contributed by atoms with van der Waals surface area (Å²) in [4.78, 5) is 29.0. The third-order valence-electron chi connectivity index (χ3n) is 7.69. The zero-order chi connectivity index (χ0) is 36.0. The molecule has 0 bridgehead atoms. The summed E-state index contributed by atoms with van der Waals surface area (Å²) in [5, 5.41) is -0.142. The van der Waals surface area contributed by atoms with Crippen LogP contribution in [-0.4, -0.2) is 38.2 Å². The number of halogens is 3. The lowest BCUT2D eigenvalue weighted by molar-refractivity contribution is -0.154. The molecule has 0 aliphatic rings. The third-order valence-corrected chi connectivity index (χ3v) is 7.69. The number of hydrogen-bond donors (Lipinski definition) is 0. The van der Waals surface area contributed by atoms with E-state index in [1.165, 1.54) is 44.6 Å². The van der Waals surface area contributed by atoms with Crippen LogP contribution in [0, 0.1) is 25.7 Å². The van der Waals surface area contributed by atoms with Gasteiger partial charge in [0.05, 0.1) is 25.2 Å². The molecule has 4 aromatic rings. The van der Waals surface area contributed by atoms with Crippen LogP contribution < -0.4 is 24.4 Å². The van der Waals surface area contributed by atoms with E-state index in [1.54, 1.807) is 37.3 Å². The van der Waals surface area contributed by atoms with E-state index in [1.807, 2.05) is 39.5 Å². The van der Waals surface area contributed by atoms with E-state index >= 15 is 0 Å². The molecule has 8 nitrogen and oxygen atoms in total. The molecule has 11 heteroatoms. The molecular weight excluding hydrogens is 639 g/mol. The van der Waals surface area contributed by atoms with Crippen molar-refractivity contribution in [2.45, 2.75) is 54.3 Å². The van der Waals surface area contributed by atoms with Gasteiger partial charge in [-0.3, -0.25) is 9.69 Å². The van der Waals surface area contributed by atoms with Crippen LogP contribution in [0.4, 0.5) is 13.2 Å². The van der Waals surface area contributed by atoms with E-state index in [2.05, 4.69) is 0 Å². The molecule has 0 atom stereocenters. The highest BCUT2D eigenvalue weighted by Gasteiger charge is 2.41. The van der Waals surface area contributed by atoms with Crippen LogP contribution in [0.3, 0.4) is 0 Å². The fraction of sp³-hybridized carbons (Fsp3) is 0.368. The highest BCUT2D eigenvalue weighted by molar-refractivity contribution is 5.91. The molecule has 262 valence electrons. The van der Waals surface area contributed by atoms with Crippen molar-refractivity contribution in [3.63, 3.8) is 0 Å². The zero-order valence-electron chi connectivity index (χ0n) is 29.0. The minimum Gasteiger partial charge on any atom is -0.493 e. The van der Waals surface area contributed by atoms with Crippen LogP contribution in [-0.2, 0) is 17.5 Å². The number of rotatable bonds is 13. The Morgan fingerprint density at radius 2 is 1.53 bits per heavy atom. The van der Waals surface area contributed by atoms with Crippen LogP contribution in [0.1, 0.15) is 55.7 Å². The molecule has 0 spiro atoms. The molecule has 0 amide bonds. The SMILES string of the molecule is COc1ccc(/C=C/C(=O)Oc2ccc3c(=O)c(Oc4ccc(C)c(C)c4)c(C(F)(F)F)oc3c2CN(CC(C)C)CC(C)C)cc1OC. The van der Waals surface area contributed by atoms with E-state index in [9.17, 15) is 22.8 Å². The Morgan fingerprint density at radius 3 is 2.12 bits per heavy atom. The van der Waals surface area contributed by atoms with Gasteiger partial charge in [-0.1, -0.05) is 39.8 Å². The highest BCUT2D eigenvalue weighted by Crippen LogP contribution is 2.40. The topological polar surface area (TPSA) is 87.4 Å². The van der Waals surface area contributed by atoms with Crippen molar-refractivity contribution in [2.24, 2.45) is 11.8 Å². The first-order valence-electron chi connectivity index (χ1n) is 15.9. The largest absolute Gasteiger partial charge is 0.493 e. The number of alkyl halides is 3. The summed E-state index contributed by atoms with van der Waals surface area (Å²) in [6.45, 7) is 13.0. The van der Waals surface area contributed by atoms with E-state index in [0.717, 1.165) is 11.1 Å². The second-order valence-corrected chi connectivity index (χ2v) is 12.7. The fourth-order valence-electron chi connectivity index (χ4n) is 5.42. The molecule has 3 aromatic carbocycles. The number of fused-ring (bicyclic) bond motifs is 1. The number of esters is 1. The summed E-state index contributed by atoms with van der Waals surface area (Å²) in [5.41, 5.74) is 1.10. The lowest BCUT2D eigenvalue weighted by Gasteiger charge is -2.27. The summed E-state index contributed by atoms with van der Waals surface area (Å²) in [5.74, 6) is -1.93. The predicted molar refractivity (Wildman–Crippen MR) is 183 cm³/mol. The second-order valence-electron chi connectivity index (χ2n) is 12.7. The lowest BCUT2D eigenvalue weighted by atomic mass is 10.1. The molecule has 49 heavy (non-hydrogen) atoms. The maximum Gasteiger partial charge on any atom is 0.453 e. The molecule has 1 heterocycles. The summed E-state index contributed by atoms with van der Waals surface area (Å²) in [6.07, 6.45) is -2.38. The van der Waals surface area contributed by atoms with Gasteiger partial charge in [0.2, 0.25) is 11.2 Å². The Balaban J connectivity index is 1.85. The molecule has 0 aliphatic carbocycles. The summed E-state index contributed by atoms with van der Waals surface area (Å²) in [6, 6.07) is 12.5. The molecular formula is C38H42F3NO7. The molecule has 0 radical (unpaired) electrons. The number of ether oxygens (including phenoxy) is 4. The molecule has 4 rings (SSSR count). The minimum atomic E-state index is -5.08. The zero-order valence-corrected chi connectivity index (χ0v) is 29.0. The van der Waals surface area contributed by atoms with Crippen LogP contribution in [0.5, 0.6) is 28.7 Å². The Labute approximate surface area is 284 Å². The Kier molecular flexibility index (Phi) is 11.8. The van der Waals surface area contributed by atoms with Crippen molar-refractivity contribution in [3.05, 3.63) is 92.8 Å². The lowest BCUT2D eigenvalue weighted by Crippen LogP contribution is -2.31. The number of nitrogens with zero attached hydrogens (tertiary/aromatic N) is 1. The van der Waals surface area contributed by atoms with Crippen molar-refractivity contribution in [1.29, 1.82) is 0 Å². The normalized spacial score (nSPS) is 12.0. The molecule has 0 saturated carbocycles. The quantitative estimate of drug-likeness (QED) is 0.0786. The van der Waals surface area contributed by atoms with Gasteiger partial charge in [-0.2, -0.15) is 13.2 Å². The second kappa shape index (κ2) is 15.6. The summed E-state index contributed by atoms with van der Waals surface area (Å²) >= 11 is 0. The van der Waals surface area contributed by atoms with E-state index in [4.69, 9.17) is 23.4 Å². The van der Waals surface area contributed by atoms with Gasteiger partial charge in [-0.05, 0) is 84.8 Å². The monoisotopic (exact) mass is 681 g/mol. The van der Waals surface area contributed by atoms with Gasteiger partial charge < -0.3 is 23.4 Å². The predicted octanol–water partition coefficient (Wildman–Crippen LogP) is 8.97. The number of benzene rings is 3. The third kappa shape index (κ3) is 9.23. The van der Waals surface area contributed by atoms with E-state index in [0.29, 0.717) is 30.2 Å². The summed E-state index contributed by atoms with van der Waals surface area (Å²) < 4.78 is 71.2. The summed E-state index contributed by atoms with van der Waals surface area (Å²) in [7, 11) is 3.00. The van der Waals surface area contributed by atoms with Gasteiger partial charge in [0.25, 0.3) is 5.76 Å². The van der Waals surface area contributed by atoms with Crippen molar-refractivity contribution in [2.75, 3.05) is 27.3 Å². The van der Waals surface area contributed by atoms with Crippen molar-refractivity contribution >= 4 is 23.0 Å². The molecule has 0 aliphatic heterocycles. The van der Waals surface area contributed by atoms with Crippen LogP contribution >= 0.6 is 0 Å². The molecule has 0 N–H and O–H groups in total.